The predicted molar refractivity (Wildman–Crippen MR) is 77.2 cm³/mol. The molecular weight excluding hydrogens is 222 g/mol. The molecule has 1 heterocycles. The molecule has 0 aromatic heterocycles. The normalized spacial score (nSPS) is 12.9. The maximum Gasteiger partial charge on any atom is 0.259 e. The maximum atomic E-state index is 12.2. The Labute approximate surface area is 108 Å². The van der Waals surface area contributed by atoms with Crippen LogP contribution in [0.25, 0.3) is 10.8 Å². The average Bonchev–Trinajstić information content (AvgIpc) is 2.68. The topological polar surface area (TPSA) is 20.3 Å². The molecule has 18 heavy (non-hydrogen) atoms. The first-order valence-corrected chi connectivity index (χ1v) is 6.55. The van der Waals surface area contributed by atoms with E-state index in [0.717, 1.165) is 22.0 Å². The molecule has 2 aromatic rings. The van der Waals surface area contributed by atoms with Crippen molar-refractivity contribution >= 4 is 22.4 Å². The van der Waals surface area contributed by atoms with Crippen LogP contribution in [0.2, 0.25) is 0 Å². The van der Waals surface area contributed by atoms with E-state index in [1.54, 1.807) is 0 Å². The van der Waals surface area contributed by atoms with Crippen molar-refractivity contribution < 1.29 is 4.79 Å². The molecule has 3 rings (SSSR count). The van der Waals surface area contributed by atoms with Gasteiger partial charge in [-0.05, 0) is 31.4 Å². The maximum absolute atomic E-state index is 12.2. The van der Waals surface area contributed by atoms with Crippen LogP contribution in [-0.4, -0.2) is 11.9 Å². The number of hydrogen-bond acceptors (Lipinski definition) is 1. The van der Waals surface area contributed by atoms with Crippen LogP contribution in [0.5, 0.6) is 0 Å². The van der Waals surface area contributed by atoms with Crippen molar-refractivity contribution in [3.63, 3.8) is 0 Å². The highest BCUT2D eigenvalue weighted by Gasteiger charge is 2.30. The van der Waals surface area contributed by atoms with Crippen molar-refractivity contribution in [3.8, 4) is 0 Å². The molecule has 0 fully saturated rings. The quantitative estimate of drug-likeness (QED) is 0.731. The third-order valence-corrected chi connectivity index (χ3v) is 3.11. The van der Waals surface area contributed by atoms with Gasteiger partial charge in [-0.3, -0.25) is 4.79 Å². The van der Waals surface area contributed by atoms with Crippen LogP contribution < -0.4 is 4.90 Å². The lowest BCUT2D eigenvalue weighted by Crippen LogP contribution is -2.33. The van der Waals surface area contributed by atoms with E-state index in [9.17, 15) is 4.79 Å². The zero-order valence-corrected chi connectivity index (χ0v) is 11.4. The molecule has 0 aliphatic carbocycles. The zero-order valence-electron chi connectivity index (χ0n) is 11.4. The Balaban J connectivity index is 0.000000574. The van der Waals surface area contributed by atoms with Crippen LogP contribution in [0.15, 0.2) is 36.4 Å². The van der Waals surface area contributed by atoms with Gasteiger partial charge in [0.1, 0.15) is 0 Å². The number of carbonyl (C=O) groups excluding carboxylic acids is 1. The fraction of sp³-hybridized carbons (Fsp3) is 0.312. The van der Waals surface area contributed by atoms with Crippen molar-refractivity contribution in [1.82, 2.24) is 0 Å². The van der Waals surface area contributed by atoms with Gasteiger partial charge < -0.3 is 4.90 Å². The van der Waals surface area contributed by atoms with Crippen molar-refractivity contribution in [3.05, 3.63) is 42.0 Å². The number of hydrogen-bond donors (Lipinski definition) is 0. The summed E-state index contributed by atoms with van der Waals surface area (Å²) < 4.78 is 0. The summed E-state index contributed by atoms with van der Waals surface area (Å²) in [6.07, 6.45) is 0. The molecule has 2 nitrogen and oxygen atoms in total. The van der Waals surface area contributed by atoms with E-state index in [-0.39, 0.29) is 11.9 Å². The molecule has 0 bridgehead atoms. The van der Waals surface area contributed by atoms with Gasteiger partial charge in [-0.15, -0.1) is 0 Å². The first-order chi connectivity index (χ1) is 8.70. The fourth-order valence-corrected chi connectivity index (χ4v) is 2.45. The summed E-state index contributed by atoms with van der Waals surface area (Å²) in [4.78, 5) is 14.1. The minimum atomic E-state index is 0.127. The highest BCUT2D eigenvalue weighted by atomic mass is 16.2. The minimum Gasteiger partial charge on any atom is -0.305 e. The first kappa shape index (κ1) is 12.6. The summed E-state index contributed by atoms with van der Waals surface area (Å²) in [6.45, 7) is 8.09. The molecule has 0 saturated heterocycles. The molecule has 0 saturated carbocycles. The van der Waals surface area contributed by atoms with Gasteiger partial charge in [0.15, 0.2) is 0 Å². The standard InChI is InChI=1S/C14H13NO.C2H6/c1-9(2)15-12-8-4-6-10-5-3-7-11(13(10)12)14(15)16;1-2/h3-9H,1-2H3;1-2H3. The third-order valence-electron chi connectivity index (χ3n) is 3.11. The summed E-state index contributed by atoms with van der Waals surface area (Å²) in [5.41, 5.74) is 1.88. The van der Waals surface area contributed by atoms with Gasteiger partial charge in [-0.2, -0.15) is 0 Å². The van der Waals surface area contributed by atoms with Crippen LogP contribution in [0.4, 0.5) is 5.69 Å². The van der Waals surface area contributed by atoms with E-state index >= 15 is 0 Å². The van der Waals surface area contributed by atoms with E-state index in [1.807, 2.05) is 56.9 Å². The molecule has 0 spiro atoms. The molecule has 2 heteroatoms. The minimum absolute atomic E-state index is 0.127. The van der Waals surface area contributed by atoms with Gasteiger partial charge in [-0.1, -0.05) is 38.1 Å². The Hall–Kier alpha value is -1.83. The summed E-state index contributed by atoms with van der Waals surface area (Å²) in [5.74, 6) is 0.127. The summed E-state index contributed by atoms with van der Waals surface area (Å²) in [6, 6.07) is 12.2. The van der Waals surface area contributed by atoms with E-state index < -0.39 is 0 Å². The number of rotatable bonds is 1. The lowest BCUT2D eigenvalue weighted by Gasteiger charge is -2.21. The van der Waals surface area contributed by atoms with Crippen LogP contribution in [0.3, 0.4) is 0 Å². The Kier molecular flexibility index (Phi) is 3.37. The second-order valence-corrected chi connectivity index (χ2v) is 4.45. The molecule has 0 radical (unpaired) electrons. The van der Waals surface area contributed by atoms with Crippen molar-refractivity contribution in [2.45, 2.75) is 33.7 Å². The van der Waals surface area contributed by atoms with Gasteiger partial charge in [0, 0.05) is 17.0 Å². The zero-order chi connectivity index (χ0) is 13.3. The van der Waals surface area contributed by atoms with E-state index in [1.165, 1.54) is 0 Å². The predicted octanol–water partition coefficient (Wildman–Crippen LogP) is 4.23. The van der Waals surface area contributed by atoms with Gasteiger partial charge >= 0.3 is 0 Å². The molecule has 0 unspecified atom stereocenters. The molecule has 0 atom stereocenters. The van der Waals surface area contributed by atoms with Crippen LogP contribution in [0, 0.1) is 0 Å². The highest BCUT2D eigenvalue weighted by molar-refractivity contribution is 6.25. The summed E-state index contributed by atoms with van der Waals surface area (Å²) in [7, 11) is 0. The van der Waals surface area contributed by atoms with Gasteiger partial charge in [0.2, 0.25) is 0 Å². The number of carbonyl (C=O) groups is 1. The molecule has 1 aliphatic rings. The van der Waals surface area contributed by atoms with Crippen LogP contribution >= 0.6 is 0 Å². The van der Waals surface area contributed by atoms with Gasteiger partial charge in [0.25, 0.3) is 5.91 Å². The Morgan fingerprint density at radius 1 is 1.00 bits per heavy atom. The molecule has 2 aromatic carbocycles. The van der Waals surface area contributed by atoms with Crippen molar-refractivity contribution in [2.24, 2.45) is 0 Å². The van der Waals surface area contributed by atoms with Gasteiger partial charge in [0.05, 0.1) is 5.69 Å². The lowest BCUT2D eigenvalue weighted by molar-refractivity contribution is 0.0987. The summed E-state index contributed by atoms with van der Waals surface area (Å²) in [5, 5.41) is 2.25. The first-order valence-electron chi connectivity index (χ1n) is 6.55. The summed E-state index contributed by atoms with van der Waals surface area (Å²) >= 11 is 0. The monoisotopic (exact) mass is 241 g/mol. The fourth-order valence-electron chi connectivity index (χ4n) is 2.45. The SMILES string of the molecule is CC.CC(C)N1C(=O)c2cccc3cccc1c23. The number of nitrogens with zero attached hydrogens (tertiary/aromatic N) is 1. The van der Waals surface area contributed by atoms with Gasteiger partial charge in [-0.25, -0.2) is 0 Å². The van der Waals surface area contributed by atoms with Crippen molar-refractivity contribution in [2.75, 3.05) is 4.90 Å². The second kappa shape index (κ2) is 4.81. The second-order valence-electron chi connectivity index (χ2n) is 4.45. The number of amides is 1. The highest BCUT2D eigenvalue weighted by Crippen LogP contribution is 2.38. The molecule has 1 aliphatic heterocycles. The van der Waals surface area contributed by atoms with Crippen LogP contribution in [-0.2, 0) is 0 Å². The smallest absolute Gasteiger partial charge is 0.259 e. The number of anilines is 1. The molecule has 0 N–H and O–H groups in total. The molecule has 94 valence electrons. The molecular formula is C16H19NO. The van der Waals surface area contributed by atoms with E-state index in [0.29, 0.717) is 0 Å². The lowest BCUT2D eigenvalue weighted by atomic mass is 10.1. The van der Waals surface area contributed by atoms with E-state index in [4.69, 9.17) is 0 Å². The van der Waals surface area contributed by atoms with Crippen molar-refractivity contribution in [1.29, 1.82) is 0 Å². The Bertz CT molecular complexity index is 581. The average molecular weight is 241 g/mol. The van der Waals surface area contributed by atoms with Crippen LogP contribution in [0.1, 0.15) is 38.1 Å². The Morgan fingerprint density at radius 2 is 1.61 bits per heavy atom. The largest absolute Gasteiger partial charge is 0.305 e. The Morgan fingerprint density at radius 3 is 2.22 bits per heavy atom. The molecule has 1 amide bonds. The van der Waals surface area contributed by atoms with E-state index in [2.05, 4.69) is 12.1 Å². The number of benzene rings is 2. The third kappa shape index (κ3) is 1.69.